The van der Waals surface area contributed by atoms with E-state index in [4.69, 9.17) is 24.2 Å². The number of allylic oxidation sites excluding steroid dienone is 1. The van der Waals surface area contributed by atoms with Crippen LogP contribution in [0, 0.1) is 11.3 Å². The quantitative estimate of drug-likeness (QED) is 0.115. The highest BCUT2D eigenvalue weighted by atomic mass is 32.2. The number of carboxylic acid groups (broad SMARTS) is 1. The lowest BCUT2D eigenvalue weighted by Gasteiger charge is -2.34. The highest BCUT2D eigenvalue weighted by Gasteiger charge is 2.61. The number of carboxylic acids is 1. The minimum Gasteiger partial charge on any atom is -0.497 e. The fourth-order valence-electron chi connectivity index (χ4n) is 9.00. The van der Waals surface area contributed by atoms with E-state index < -0.39 is 75.1 Å². The number of amides is 3. The van der Waals surface area contributed by atoms with Gasteiger partial charge in [-0.1, -0.05) is 64.0 Å². The summed E-state index contributed by atoms with van der Waals surface area (Å²) < 4.78 is 46.7. The molecule has 0 radical (unpaired) electrons. The van der Waals surface area contributed by atoms with Crippen LogP contribution in [-0.2, 0) is 35.7 Å². The summed E-state index contributed by atoms with van der Waals surface area (Å²) >= 11 is 1.44. The Bertz CT molecular complexity index is 2680. The lowest BCUT2D eigenvalue weighted by atomic mass is 9.89. The average Bonchev–Trinajstić information content (AvgIpc) is 3.51. The Morgan fingerprint density at radius 1 is 1.06 bits per heavy atom. The number of carbonyl (C=O) groups excluding carboxylic acids is 3. The third kappa shape index (κ3) is 10.2. The number of thiazole rings is 1. The molecular formula is C48H59N7O10S2. The van der Waals surface area contributed by atoms with Gasteiger partial charge in [0.1, 0.15) is 47.0 Å². The van der Waals surface area contributed by atoms with E-state index in [-0.39, 0.29) is 49.8 Å². The first-order valence-corrected chi connectivity index (χ1v) is 25.1. The smallest absolute Gasteiger partial charge is 0.408 e. The van der Waals surface area contributed by atoms with Crippen LogP contribution in [0.15, 0.2) is 71.0 Å². The van der Waals surface area contributed by atoms with Crippen LogP contribution in [0.3, 0.4) is 0 Å². The maximum Gasteiger partial charge on any atom is 0.408 e. The number of fused-ring (bicyclic) bond motifs is 4. The van der Waals surface area contributed by atoms with Crippen molar-refractivity contribution in [2.45, 2.75) is 127 Å². The lowest BCUT2D eigenvalue weighted by Crippen LogP contribution is -2.56. The van der Waals surface area contributed by atoms with Crippen molar-refractivity contribution in [1.29, 1.82) is 0 Å². The molecule has 3 amide bonds. The number of sulfonamides is 1. The van der Waals surface area contributed by atoms with E-state index in [1.807, 2.05) is 58.2 Å². The molecule has 1 saturated carbocycles. The third-order valence-corrected chi connectivity index (χ3v) is 15.6. The van der Waals surface area contributed by atoms with Crippen molar-refractivity contribution in [2.75, 3.05) is 25.5 Å². The van der Waals surface area contributed by atoms with Crippen molar-refractivity contribution in [3.05, 3.63) is 71.6 Å². The van der Waals surface area contributed by atoms with Crippen LogP contribution in [0.4, 0.5) is 9.93 Å². The van der Waals surface area contributed by atoms with Crippen LogP contribution in [0.25, 0.3) is 22.3 Å². The molecular weight excluding hydrogens is 899 g/mol. The number of nitrogens with zero attached hydrogens (tertiary/aromatic N) is 4. The molecule has 8 rings (SSSR count). The van der Waals surface area contributed by atoms with Crippen LogP contribution < -0.4 is 25.4 Å². The molecule has 6 atom stereocenters. The Kier molecular flexibility index (Phi) is 13.6. The SMILES string of the molecule is COc1ccc2c(O[C@@H]3C[C@H]4C(=O)N[C@]5(C(=O)O)CC5/C=C\CCCCC[C@H](NC(=O)OC(CN5Cc6ccccc6S5(=O)=O)C(C)(C)C)C(=O)N4C3)cc(-c3csc(NC(C)C)n3)nc2c1. The highest BCUT2D eigenvalue weighted by Crippen LogP contribution is 2.46. The molecule has 2 aromatic carbocycles. The first-order valence-electron chi connectivity index (χ1n) is 22.8. The number of aliphatic carboxylic acids is 1. The van der Waals surface area contributed by atoms with Gasteiger partial charge in [0.2, 0.25) is 21.8 Å². The zero-order valence-corrected chi connectivity index (χ0v) is 40.2. The van der Waals surface area contributed by atoms with Gasteiger partial charge in [-0.3, -0.25) is 9.59 Å². The number of rotatable bonds is 11. The van der Waals surface area contributed by atoms with Crippen molar-refractivity contribution in [3.63, 3.8) is 0 Å². The Morgan fingerprint density at radius 3 is 2.58 bits per heavy atom. The number of aromatic nitrogens is 2. The molecule has 17 nitrogen and oxygen atoms in total. The molecule has 1 saturated heterocycles. The summed E-state index contributed by atoms with van der Waals surface area (Å²) in [5.74, 6) is -1.77. The number of alkyl carbamates (subject to hydrolysis) is 1. The first-order chi connectivity index (χ1) is 31.9. The number of pyridine rings is 1. The number of carbonyl (C=O) groups is 4. The topological polar surface area (TPSA) is 219 Å². The molecule has 19 heteroatoms. The van der Waals surface area contributed by atoms with Gasteiger partial charge < -0.3 is 40.2 Å². The summed E-state index contributed by atoms with van der Waals surface area (Å²) in [4.78, 5) is 67.5. The van der Waals surface area contributed by atoms with Crippen molar-refractivity contribution < 1.29 is 46.9 Å². The molecule has 2 fully saturated rings. The highest BCUT2D eigenvalue weighted by molar-refractivity contribution is 7.89. The van der Waals surface area contributed by atoms with Crippen molar-refractivity contribution >= 4 is 61.3 Å². The Balaban J connectivity index is 1.08. The number of benzene rings is 2. The zero-order chi connectivity index (χ0) is 47.8. The number of ether oxygens (including phenoxy) is 3. The Morgan fingerprint density at radius 2 is 1.85 bits per heavy atom. The van der Waals surface area contributed by atoms with E-state index >= 15 is 0 Å². The summed E-state index contributed by atoms with van der Waals surface area (Å²) in [6.07, 6.45) is 4.33. The van der Waals surface area contributed by atoms with Gasteiger partial charge in [-0.15, -0.1) is 11.3 Å². The van der Waals surface area contributed by atoms with E-state index in [0.29, 0.717) is 58.6 Å². The van der Waals surface area contributed by atoms with E-state index in [0.717, 1.165) is 11.6 Å². The summed E-state index contributed by atoms with van der Waals surface area (Å²) in [6.45, 7) is 9.52. The third-order valence-electron chi connectivity index (χ3n) is 12.9. The van der Waals surface area contributed by atoms with E-state index in [2.05, 4.69) is 16.0 Å². The largest absolute Gasteiger partial charge is 0.497 e. The fraction of sp³-hybridized carbons (Fsp3) is 0.500. The van der Waals surface area contributed by atoms with Crippen LogP contribution in [0.2, 0.25) is 0 Å². The van der Waals surface area contributed by atoms with Crippen LogP contribution in [0.5, 0.6) is 11.5 Å². The van der Waals surface area contributed by atoms with Gasteiger partial charge in [-0.25, -0.2) is 28.0 Å². The van der Waals surface area contributed by atoms with Gasteiger partial charge in [-0.2, -0.15) is 4.31 Å². The molecule has 67 heavy (non-hydrogen) atoms. The van der Waals surface area contributed by atoms with Gasteiger partial charge in [0.15, 0.2) is 5.13 Å². The lowest BCUT2D eigenvalue weighted by molar-refractivity contribution is -0.145. The minimum absolute atomic E-state index is 0.0121. The maximum atomic E-state index is 15.0. The average molecular weight is 958 g/mol. The predicted octanol–water partition coefficient (Wildman–Crippen LogP) is 6.73. The second kappa shape index (κ2) is 19.1. The molecule has 3 aliphatic heterocycles. The van der Waals surface area contributed by atoms with E-state index in [9.17, 15) is 32.7 Å². The van der Waals surface area contributed by atoms with Crippen LogP contribution in [0.1, 0.15) is 85.1 Å². The normalized spacial score (nSPS) is 25.1. The number of hydrogen-bond acceptors (Lipinski definition) is 13. The molecule has 4 aromatic rings. The van der Waals surface area contributed by atoms with Gasteiger partial charge in [0.05, 0.1) is 36.3 Å². The van der Waals surface area contributed by atoms with Gasteiger partial charge in [-0.05, 0) is 63.3 Å². The van der Waals surface area contributed by atoms with E-state index in [1.54, 1.807) is 49.6 Å². The predicted molar refractivity (Wildman–Crippen MR) is 252 cm³/mol. The molecule has 4 N–H and O–H groups in total. The number of hydrogen-bond donors (Lipinski definition) is 4. The van der Waals surface area contributed by atoms with Gasteiger partial charge in [0.25, 0.3) is 0 Å². The van der Waals surface area contributed by atoms with E-state index in [1.165, 1.54) is 20.5 Å². The van der Waals surface area contributed by atoms with Crippen molar-refractivity contribution in [3.8, 4) is 22.9 Å². The number of methoxy groups -OCH3 is 1. The Hall–Kier alpha value is -5.79. The second-order valence-corrected chi connectivity index (χ2v) is 22.0. The molecule has 2 unspecified atom stereocenters. The van der Waals surface area contributed by atoms with Crippen molar-refractivity contribution in [2.24, 2.45) is 11.3 Å². The molecule has 5 heterocycles. The number of anilines is 1. The summed E-state index contributed by atoms with van der Waals surface area (Å²) in [5.41, 5.74) is 0.134. The second-order valence-electron chi connectivity index (χ2n) is 19.2. The molecule has 1 aliphatic carbocycles. The van der Waals surface area contributed by atoms with Crippen molar-refractivity contribution in [1.82, 2.24) is 29.8 Å². The molecule has 0 bridgehead atoms. The fourth-order valence-corrected chi connectivity index (χ4v) is 11.5. The van der Waals surface area contributed by atoms with Crippen LogP contribution >= 0.6 is 11.3 Å². The summed E-state index contributed by atoms with van der Waals surface area (Å²) in [6, 6.07) is 11.8. The zero-order valence-electron chi connectivity index (χ0n) is 38.6. The summed E-state index contributed by atoms with van der Waals surface area (Å²) in [7, 11) is -2.27. The van der Waals surface area contributed by atoms with Gasteiger partial charge >= 0.3 is 12.1 Å². The molecule has 2 aromatic heterocycles. The monoisotopic (exact) mass is 957 g/mol. The minimum atomic E-state index is -3.84. The molecule has 0 spiro atoms. The standard InChI is InChI=1S/C48H59N7O10S2/c1-28(2)49-45-51-37(27-66-45)36-22-39(33-19-18-31(63-6)20-35(33)50-36)64-32-21-38-42(56)53-48(44(58)59)23-30(48)15-10-8-7-9-11-16-34(43(57)55(38)25-32)52-46(60)65-41(47(3,4)5)26-54-24-29-14-12-13-17-40(29)67(54,61)62/h10,12-15,17-20,22,27-28,30,32,34,38,41H,7-9,11,16,21,23-26H2,1-6H3,(H,49,51)(H,52,60)(H,53,56)(H,58,59)/b15-10-/t30?,32-,34+,38+,41?,48-/m1/s1. The number of nitrogens with one attached hydrogen (secondary N) is 3. The maximum absolute atomic E-state index is 15.0. The first kappa shape index (κ1) is 47.7. The Labute approximate surface area is 394 Å². The summed E-state index contributed by atoms with van der Waals surface area (Å²) in [5, 5.41) is 22.6. The van der Waals surface area contributed by atoms with Crippen LogP contribution in [-0.4, -0.2) is 113 Å². The van der Waals surface area contributed by atoms with Gasteiger partial charge in [0, 0.05) is 53.2 Å². The molecule has 358 valence electrons. The molecule has 4 aliphatic rings.